The van der Waals surface area contributed by atoms with Crippen molar-refractivity contribution in [2.24, 2.45) is 22.5 Å². The molecule has 2 heteroatoms. The van der Waals surface area contributed by atoms with Crippen LogP contribution >= 0.6 is 0 Å². The van der Waals surface area contributed by atoms with Crippen LogP contribution in [0.25, 0.3) is 0 Å². The number of hydrogen-bond donors (Lipinski definition) is 2. The highest BCUT2D eigenvalue weighted by molar-refractivity contribution is 5.07. The van der Waals surface area contributed by atoms with E-state index in [1.807, 2.05) is 0 Å². The number of rotatable bonds is 0. The molecule has 0 aromatic carbocycles. The Morgan fingerprint density at radius 2 is 1.60 bits per heavy atom. The Labute approximate surface area is 93.2 Å². The van der Waals surface area contributed by atoms with Gasteiger partial charge in [0.1, 0.15) is 0 Å². The third kappa shape index (κ3) is 1.83. The van der Waals surface area contributed by atoms with Crippen LogP contribution in [-0.4, -0.2) is 16.7 Å². The Kier molecular flexibility index (Phi) is 2.27. The molecule has 3 aliphatic carbocycles. The average molecular weight is 211 g/mol. The van der Waals surface area contributed by atoms with Crippen molar-refractivity contribution in [3.05, 3.63) is 0 Å². The first kappa shape index (κ1) is 11.4. The Morgan fingerprint density at radius 3 is 2.13 bits per heavy atom. The standard InChI is InChI=1S/C13H25NO/c1-11(2)8-13(4,14)7-9-5-12(3,6-9)10(11)15/h9-10,15H,5-8,14H2,1-4H3. The van der Waals surface area contributed by atoms with Crippen LogP contribution in [0.2, 0.25) is 0 Å². The molecule has 0 aliphatic heterocycles. The highest BCUT2D eigenvalue weighted by Crippen LogP contribution is 2.57. The van der Waals surface area contributed by atoms with Crippen LogP contribution in [0.4, 0.5) is 0 Å². The van der Waals surface area contributed by atoms with Crippen LogP contribution in [0.15, 0.2) is 0 Å². The molecule has 2 unspecified atom stereocenters. The van der Waals surface area contributed by atoms with E-state index in [0.717, 1.165) is 31.6 Å². The summed E-state index contributed by atoms with van der Waals surface area (Å²) in [6.07, 6.45) is 4.16. The first-order chi connectivity index (χ1) is 6.65. The van der Waals surface area contributed by atoms with E-state index in [0.29, 0.717) is 0 Å². The lowest BCUT2D eigenvalue weighted by Gasteiger charge is -2.58. The van der Waals surface area contributed by atoms with Crippen molar-refractivity contribution < 1.29 is 5.11 Å². The maximum absolute atomic E-state index is 10.5. The molecule has 0 amide bonds. The highest BCUT2D eigenvalue weighted by atomic mass is 16.3. The molecule has 2 atom stereocenters. The second kappa shape index (κ2) is 2.98. The van der Waals surface area contributed by atoms with Crippen LogP contribution in [0, 0.1) is 16.7 Å². The molecule has 3 aliphatic rings. The summed E-state index contributed by atoms with van der Waals surface area (Å²) in [6, 6.07) is 0. The summed E-state index contributed by atoms with van der Waals surface area (Å²) >= 11 is 0. The van der Waals surface area contributed by atoms with Gasteiger partial charge in [-0.25, -0.2) is 0 Å². The topological polar surface area (TPSA) is 46.2 Å². The van der Waals surface area contributed by atoms with Crippen molar-refractivity contribution in [1.82, 2.24) is 0 Å². The molecule has 0 radical (unpaired) electrons. The van der Waals surface area contributed by atoms with Gasteiger partial charge in [-0.2, -0.15) is 0 Å². The molecule has 88 valence electrons. The molecule has 2 nitrogen and oxygen atoms in total. The van der Waals surface area contributed by atoms with Gasteiger partial charge < -0.3 is 10.8 Å². The molecule has 0 spiro atoms. The van der Waals surface area contributed by atoms with E-state index in [4.69, 9.17) is 5.73 Å². The lowest BCUT2D eigenvalue weighted by Crippen LogP contribution is -2.58. The molecular weight excluding hydrogens is 186 g/mol. The minimum Gasteiger partial charge on any atom is -0.392 e. The zero-order chi connectivity index (χ0) is 11.5. The van der Waals surface area contributed by atoms with Crippen molar-refractivity contribution in [3.63, 3.8) is 0 Å². The minimum atomic E-state index is -0.204. The zero-order valence-electron chi connectivity index (χ0n) is 10.5. The molecule has 15 heavy (non-hydrogen) atoms. The Hall–Kier alpha value is -0.0800. The van der Waals surface area contributed by atoms with Gasteiger partial charge in [0.2, 0.25) is 0 Å². The van der Waals surface area contributed by atoms with Gasteiger partial charge in [-0.05, 0) is 49.4 Å². The van der Waals surface area contributed by atoms with Crippen molar-refractivity contribution >= 4 is 0 Å². The van der Waals surface area contributed by atoms with Gasteiger partial charge in [0.15, 0.2) is 0 Å². The lowest BCUT2D eigenvalue weighted by atomic mass is 9.50. The van der Waals surface area contributed by atoms with Gasteiger partial charge in [-0.15, -0.1) is 0 Å². The first-order valence-corrected chi connectivity index (χ1v) is 6.12. The van der Waals surface area contributed by atoms with E-state index < -0.39 is 0 Å². The summed E-state index contributed by atoms with van der Waals surface area (Å²) in [5.74, 6) is 0.746. The average Bonchev–Trinajstić information content (AvgIpc) is 1.95. The van der Waals surface area contributed by atoms with E-state index in [-0.39, 0.29) is 22.5 Å². The van der Waals surface area contributed by atoms with Crippen molar-refractivity contribution in [3.8, 4) is 0 Å². The Morgan fingerprint density at radius 1 is 1.07 bits per heavy atom. The second-order valence-corrected chi connectivity index (χ2v) is 7.35. The smallest absolute Gasteiger partial charge is 0.0645 e. The number of hydrogen-bond acceptors (Lipinski definition) is 2. The van der Waals surface area contributed by atoms with Gasteiger partial charge in [-0.1, -0.05) is 20.8 Å². The van der Waals surface area contributed by atoms with Gasteiger partial charge in [-0.3, -0.25) is 0 Å². The lowest BCUT2D eigenvalue weighted by molar-refractivity contribution is -0.141. The Balaban J connectivity index is 2.26. The third-order valence-corrected chi connectivity index (χ3v) is 4.52. The van der Waals surface area contributed by atoms with Crippen LogP contribution in [-0.2, 0) is 0 Å². The molecule has 3 rings (SSSR count). The summed E-state index contributed by atoms with van der Waals surface area (Å²) in [6.45, 7) is 8.69. The van der Waals surface area contributed by atoms with Crippen molar-refractivity contribution in [2.75, 3.05) is 0 Å². The molecule has 3 fully saturated rings. The molecule has 3 N–H and O–H groups in total. The predicted molar refractivity (Wildman–Crippen MR) is 62.4 cm³/mol. The maximum atomic E-state index is 10.5. The van der Waals surface area contributed by atoms with E-state index in [1.165, 1.54) is 0 Å². The fourth-order valence-corrected chi connectivity index (χ4v) is 4.44. The Bertz CT molecular complexity index is 264. The van der Waals surface area contributed by atoms with Gasteiger partial charge >= 0.3 is 0 Å². The van der Waals surface area contributed by atoms with Crippen LogP contribution in [0.1, 0.15) is 53.4 Å². The zero-order valence-corrected chi connectivity index (χ0v) is 10.5. The van der Waals surface area contributed by atoms with E-state index in [2.05, 4.69) is 27.7 Å². The van der Waals surface area contributed by atoms with Gasteiger partial charge in [0.05, 0.1) is 6.10 Å². The number of nitrogens with two attached hydrogens (primary N) is 1. The van der Waals surface area contributed by atoms with Crippen molar-refractivity contribution in [2.45, 2.75) is 65.0 Å². The third-order valence-electron chi connectivity index (χ3n) is 4.52. The molecule has 0 aromatic rings. The molecule has 3 saturated carbocycles. The van der Waals surface area contributed by atoms with E-state index in [9.17, 15) is 5.11 Å². The summed E-state index contributed by atoms with van der Waals surface area (Å²) in [7, 11) is 0. The van der Waals surface area contributed by atoms with E-state index >= 15 is 0 Å². The molecule has 0 heterocycles. The van der Waals surface area contributed by atoms with Crippen LogP contribution in [0.5, 0.6) is 0 Å². The molecule has 0 aromatic heterocycles. The summed E-state index contributed by atoms with van der Waals surface area (Å²) in [4.78, 5) is 0. The molecule has 2 bridgehead atoms. The summed E-state index contributed by atoms with van der Waals surface area (Å²) in [5.41, 5.74) is 6.34. The number of aliphatic hydroxyl groups is 1. The van der Waals surface area contributed by atoms with Crippen LogP contribution < -0.4 is 5.73 Å². The first-order valence-electron chi connectivity index (χ1n) is 6.12. The van der Waals surface area contributed by atoms with E-state index in [1.54, 1.807) is 0 Å². The second-order valence-electron chi connectivity index (χ2n) is 7.35. The highest BCUT2D eigenvalue weighted by Gasteiger charge is 2.54. The maximum Gasteiger partial charge on any atom is 0.0645 e. The quantitative estimate of drug-likeness (QED) is 0.646. The fourth-order valence-electron chi connectivity index (χ4n) is 4.44. The molecular formula is C13H25NO. The van der Waals surface area contributed by atoms with Gasteiger partial charge in [0, 0.05) is 5.54 Å². The monoisotopic (exact) mass is 211 g/mol. The number of fused-ring (bicyclic) bond motifs is 4. The van der Waals surface area contributed by atoms with Crippen LogP contribution in [0.3, 0.4) is 0 Å². The predicted octanol–water partition coefficient (Wildman–Crippen LogP) is 2.30. The normalized spacial score (nSPS) is 54.0. The largest absolute Gasteiger partial charge is 0.392 e. The molecule has 0 saturated heterocycles. The van der Waals surface area contributed by atoms with Crippen molar-refractivity contribution in [1.29, 1.82) is 0 Å². The number of aliphatic hydroxyl groups excluding tert-OH is 1. The minimum absolute atomic E-state index is 0.0519. The summed E-state index contributed by atoms with van der Waals surface area (Å²) < 4.78 is 0. The SMILES string of the molecule is CC1(N)CC2CC(C)(C2)C(O)C(C)(C)C1. The fraction of sp³-hybridized carbons (Fsp3) is 1.00. The summed E-state index contributed by atoms with van der Waals surface area (Å²) in [5, 5.41) is 10.5. The van der Waals surface area contributed by atoms with Gasteiger partial charge in [0.25, 0.3) is 0 Å².